The molecule has 32 heavy (non-hydrogen) atoms. The van der Waals surface area contributed by atoms with E-state index < -0.39 is 5.91 Å². The van der Waals surface area contributed by atoms with Gasteiger partial charge in [0.05, 0.1) is 21.8 Å². The molecule has 1 fully saturated rings. The van der Waals surface area contributed by atoms with Gasteiger partial charge in [-0.05, 0) is 49.7 Å². The number of likely N-dealkylation sites (tertiary alicyclic amines) is 1. The summed E-state index contributed by atoms with van der Waals surface area (Å²) in [6.07, 6.45) is 2.11. The third-order valence-electron chi connectivity index (χ3n) is 5.86. The molecule has 0 radical (unpaired) electrons. The van der Waals surface area contributed by atoms with Crippen molar-refractivity contribution in [1.29, 1.82) is 0 Å². The Kier molecular flexibility index (Phi) is 7.40. The standard InChI is InChI=1S/C24H27ClN4O2S/c25-19-6-7-21-20(14-19)27-24(32-21)18-8-11-28(12-9-18)16-23(31)29(13-10-22(26)30)15-17-4-2-1-3-5-17/h1-7,14,18H,8-13,15-16H2,(H2,26,30). The van der Waals surface area contributed by atoms with Crippen LogP contribution < -0.4 is 5.73 Å². The van der Waals surface area contributed by atoms with E-state index in [9.17, 15) is 9.59 Å². The number of thiazole rings is 1. The van der Waals surface area contributed by atoms with Gasteiger partial charge in [0.2, 0.25) is 11.8 Å². The molecule has 6 nitrogen and oxygen atoms in total. The molecule has 3 aromatic rings. The van der Waals surface area contributed by atoms with Crippen LogP contribution in [0.1, 0.15) is 35.8 Å². The molecule has 1 aliphatic rings. The van der Waals surface area contributed by atoms with Gasteiger partial charge in [-0.25, -0.2) is 4.98 Å². The molecule has 0 saturated carbocycles. The van der Waals surface area contributed by atoms with Crippen molar-refractivity contribution in [3.8, 4) is 0 Å². The first kappa shape index (κ1) is 22.7. The quantitative estimate of drug-likeness (QED) is 0.539. The van der Waals surface area contributed by atoms with E-state index in [4.69, 9.17) is 22.3 Å². The Labute approximate surface area is 197 Å². The summed E-state index contributed by atoms with van der Waals surface area (Å²) in [7, 11) is 0. The first-order chi connectivity index (χ1) is 15.5. The SMILES string of the molecule is NC(=O)CCN(Cc1ccccc1)C(=O)CN1CCC(c2nc3cc(Cl)ccc3s2)CC1. The molecule has 2 heterocycles. The van der Waals surface area contributed by atoms with Crippen molar-refractivity contribution in [3.05, 3.63) is 64.1 Å². The summed E-state index contributed by atoms with van der Waals surface area (Å²) >= 11 is 7.83. The molecule has 1 aromatic heterocycles. The molecule has 2 aromatic carbocycles. The van der Waals surface area contributed by atoms with Gasteiger partial charge in [-0.15, -0.1) is 11.3 Å². The topological polar surface area (TPSA) is 79.5 Å². The van der Waals surface area contributed by atoms with Gasteiger partial charge in [0.1, 0.15) is 0 Å². The number of carbonyl (C=O) groups is 2. The number of rotatable bonds is 8. The number of halogens is 1. The molecule has 0 bridgehead atoms. The fourth-order valence-electron chi connectivity index (χ4n) is 4.06. The van der Waals surface area contributed by atoms with E-state index in [0.29, 0.717) is 30.6 Å². The first-order valence-electron chi connectivity index (χ1n) is 10.9. The predicted molar refractivity (Wildman–Crippen MR) is 129 cm³/mol. The monoisotopic (exact) mass is 470 g/mol. The summed E-state index contributed by atoms with van der Waals surface area (Å²) in [5, 5.41) is 1.86. The van der Waals surface area contributed by atoms with Gasteiger partial charge in [0, 0.05) is 30.5 Å². The Balaban J connectivity index is 1.34. The van der Waals surface area contributed by atoms with Gasteiger partial charge < -0.3 is 10.6 Å². The van der Waals surface area contributed by atoms with E-state index in [1.54, 1.807) is 16.2 Å². The zero-order valence-corrected chi connectivity index (χ0v) is 19.4. The lowest BCUT2D eigenvalue weighted by Gasteiger charge is -2.32. The number of nitrogens with zero attached hydrogens (tertiary/aromatic N) is 3. The lowest BCUT2D eigenvalue weighted by Crippen LogP contribution is -2.43. The van der Waals surface area contributed by atoms with E-state index in [1.165, 1.54) is 0 Å². The minimum absolute atomic E-state index is 0.0307. The van der Waals surface area contributed by atoms with E-state index in [1.807, 2.05) is 48.5 Å². The molecule has 0 spiro atoms. The van der Waals surface area contributed by atoms with E-state index in [2.05, 4.69) is 4.90 Å². The maximum atomic E-state index is 13.0. The number of hydrogen-bond donors (Lipinski definition) is 1. The Bertz CT molecular complexity index is 1080. The average molecular weight is 471 g/mol. The molecule has 4 rings (SSSR count). The Morgan fingerprint density at radius 3 is 2.62 bits per heavy atom. The number of carbonyl (C=O) groups excluding carboxylic acids is 2. The molecule has 2 amide bonds. The molecule has 8 heteroatoms. The molecule has 0 atom stereocenters. The molecular formula is C24H27ClN4O2S. The van der Waals surface area contributed by atoms with Gasteiger partial charge in [-0.3, -0.25) is 14.5 Å². The highest BCUT2D eigenvalue weighted by atomic mass is 35.5. The third-order valence-corrected chi connectivity index (χ3v) is 7.29. The second-order valence-corrected chi connectivity index (χ2v) is 9.73. The van der Waals surface area contributed by atoms with Crippen molar-refractivity contribution in [2.24, 2.45) is 5.73 Å². The molecule has 2 N–H and O–H groups in total. The van der Waals surface area contributed by atoms with E-state index >= 15 is 0 Å². The van der Waals surface area contributed by atoms with Crippen LogP contribution in [0.15, 0.2) is 48.5 Å². The highest BCUT2D eigenvalue weighted by Gasteiger charge is 2.26. The van der Waals surface area contributed by atoms with Gasteiger partial charge in [0.15, 0.2) is 0 Å². The molecule has 1 aliphatic heterocycles. The minimum atomic E-state index is -0.395. The lowest BCUT2D eigenvalue weighted by molar-refractivity contribution is -0.133. The number of amides is 2. The highest BCUT2D eigenvalue weighted by molar-refractivity contribution is 7.18. The van der Waals surface area contributed by atoms with Crippen molar-refractivity contribution in [1.82, 2.24) is 14.8 Å². The highest BCUT2D eigenvalue weighted by Crippen LogP contribution is 2.34. The number of benzene rings is 2. The van der Waals surface area contributed by atoms with Gasteiger partial charge in [0.25, 0.3) is 0 Å². The summed E-state index contributed by atoms with van der Waals surface area (Å²) in [5.41, 5.74) is 7.33. The number of aromatic nitrogens is 1. The van der Waals surface area contributed by atoms with Crippen molar-refractivity contribution in [3.63, 3.8) is 0 Å². The summed E-state index contributed by atoms with van der Waals surface area (Å²) in [6, 6.07) is 15.7. The smallest absolute Gasteiger partial charge is 0.237 e. The van der Waals surface area contributed by atoms with Crippen LogP contribution in [0.3, 0.4) is 0 Å². The van der Waals surface area contributed by atoms with Crippen LogP contribution in [0.2, 0.25) is 5.02 Å². The summed E-state index contributed by atoms with van der Waals surface area (Å²) < 4.78 is 1.16. The summed E-state index contributed by atoms with van der Waals surface area (Å²) in [5.74, 6) is 0.0461. The number of primary amides is 1. The zero-order valence-electron chi connectivity index (χ0n) is 17.9. The van der Waals surface area contributed by atoms with Crippen LogP contribution in [0.4, 0.5) is 0 Å². The second kappa shape index (κ2) is 10.4. The van der Waals surface area contributed by atoms with E-state index in [-0.39, 0.29) is 12.3 Å². The summed E-state index contributed by atoms with van der Waals surface area (Å²) in [4.78, 5) is 33.1. The van der Waals surface area contributed by atoms with E-state index in [0.717, 1.165) is 46.7 Å². The minimum Gasteiger partial charge on any atom is -0.370 e. The number of piperidine rings is 1. The largest absolute Gasteiger partial charge is 0.370 e. The lowest BCUT2D eigenvalue weighted by atomic mass is 9.97. The normalized spacial score (nSPS) is 15.2. The fraction of sp³-hybridized carbons (Fsp3) is 0.375. The second-order valence-electron chi connectivity index (χ2n) is 8.23. The van der Waals surface area contributed by atoms with Gasteiger partial charge in [-0.1, -0.05) is 41.9 Å². The maximum absolute atomic E-state index is 13.0. The average Bonchev–Trinajstić information content (AvgIpc) is 3.21. The van der Waals surface area contributed by atoms with Crippen molar-refractivity contribution >= 4 is 45.0 Å². The first-order valence-corrected chi connectivity index (χ1v) is 12.1. The van der Waals surface area contributed by atoms with Crippen LogP contribution in [0, 0.1) is 0 Å². The Morgan fingerprint density at radius 1 is 1.16 bits per heavy atom. The molecule has 1 saturated heterocycles. The number of nitrogens with two attached hydrogens (primary N) is 1. The number of hydrogen-bond acceptors (Lipinski definition) is 5. The molecule has 168 valence electrons. The molecular weight excluding hydrogens is 444 g/mol. The van der Waals surface area contributed by atoms with Crippen LogP contribution in [-0.2, 0) is 16.1 Å². The Hall–Kier alpha value is -2.48. The number of fused-ring (bicyclic) bond motifs is 1. The maximum Gasteiger partial charge on any atom is 0.237 e. The third kappa shape index (κ3) is 5.85. The van der Waals surface area contributed by atoms with Crippen LogP contribution in [0.25, 0.3) is 10.2 Å². The zero-order chi connectivity index (χ0) is 22.5. The van der Waals surface area contributed by atoms with Crippen LogP contribution in [0.5, 0.6) is 0 Å². The Morgan fingerprint density at radius 2 is 1.91 bits per heavy atom. The summed E-state index contributed by atoms with van der Waals surface area (Å²) in [6.45, 7) is 2.88. The van der Waals surface area contributed by atoms with Crippen molar-refractivity contribution in [2.75, 3.05) is 26.2 Å². The van der Waals surface area contributed by atoms with Crippen LogP contribution >= 0.6 is 22.9 Å². The predicted octanol–water partition coefficient (Wildman–Crippen LogP) is 4.03. The molecule has 0 unspecified atom stereocenters. The fourth-order valence-corrected chi connectivity index (χ4v) is 5.35. The van der Waals surface area contributed by atoms with Gasteiger partial charge in [-0.2, -0.15) is 0 Å². The van der Waals surface area contributed by atoms with Crippen LogP contribution in [-0.4, -0.2) is 52.8 Å². The van der Waals surface area contributed by atoms with Crippen molar-refractivity contribution in [2.45, 2.75) is 31.7 Å². The van der Waals surface area contributed by atoms with Gasteiger partial charge >= 0.3 is 0 Å². The molecule has 0 aliphatic carbocycles. The van der Waals surface area contributed by atoms with Crippen molar-refractivity contribution < 1.29 is 9.59 Å².